The highest BCUT2D eigenvalue weighted by atomic mass is 32.2. The predicted octanol–water partition coefficient (Wildman–Crippen LogP) is 5.22. The van der Waals surface area contributed by atoms with Crippen LogP contribution in [-0.2, 0) is 27.8 Å². The van der Waals surface area contributed by atoms with E-state index in [0.717, 1.165) is 26.1 Å². The van der Waals surface area contributed by atoms with Crippen LogP contribution in [0.25, 0.3) is 15.8 Å². The minimum absolute atomic E-state index is 0.00613. The molecule has 2 aliphatic heterocycles. The Kier molecular flexibility index (Phi) is 7.63. The van der Waals surface area contributed by atoms with Crippen LogP contribution in [0.4, 0.5) is 4.39 Å². The maximum atomic E-state index is 13.7. The zero-order valence-electron chi connectivity index (χ0n) is 24.8. The van der Waals surface area contributed by atoms with Crippen LogP contribution in [0.2, 0.25) is 0 Å². The number of nitrogens with one attached hydrogen (secondary N) is 2. The molecular weight excluding hydrogens is 604 g/mol. The molecule has 0 radical (unpaired) electrons. The number of thiophene rings is 1. The molecule has 0 bridgehead atoms. The Bertz CT molecular complexity index is 1900. The van der Waals surface area contributed by atoms with E-state index < -0.39 is 21.5 Å². The van der Waals surface area contributed by atoms with Gasteiger partial charge < -0.3 is 15.0 Å². The molecule has 12 heteroatoms. The van der Waals surface area contributed by atoms with E-state index in [9.17, 15) is 22.4 Å². The number of fused-ring (bicyclic) bond motifs is 2. The van der Waals surface area contributed by atoms with Gasteiger partial charge in [-0.25, -0.2) is 17.1 Å². The monoisotopic (exact) mass is 636 g/mol. The van der Waals surface area contributed by atoms with Crippen LogP contribution in [0.3, 0.4) is 0 Å². The van der Waals surface area contributed by atoms with Crippen molar-refractivity contribution in [1.29, 1.82) is 0 Å². The summed E-state index contributed by atoms with van der Waals surface area (Å²) >= 11 is 1.34. The summed E-state index contributed by atoms with van der Waals surface area (Å²) in [4.78, 5) is 32.8. The summed E-state index contributed by atoms with van der Waals surface area (Å²) in [6, 6.07) is 15.3. The van der Waals surface area contributed by atoms with Crippen LogP contribution in [0.5, 0.6) is 5.75 Å². The SMILES string of the molecule is COc1ccc(CN2CCc3cc(C4=CC(=O)N(C(C)(C)C)S4(=O)=O)sc3C2CNC(=O)c2cc3cc(F)ccc3[nH]2)cc1. The van der Waals surface area contributed by atoms with E-state index in [1.807, 2.05) is 30.3 Å². The maximum absolute atomic E-state index is 13.7. The molecule has 1 unspecified atom stereocenters. The fourth-order valence-electron chi connectivity index (χ4n) is 5.87. The number of halogens is 1. The number of aromatic amines is 1. The fraction of sp³-hybridized carbons (Fsp3) is 0.312. The molecule has 0 saturated heterocycles. The molecule has 2 aromatic heterocycles. The molecule has 0 spiro atoms. The number of H-pyrrole nitrogens is 1. The number of amides is 2. The minimum atomic E-state index is -4.02. The Morgan fingerprint density at radius 3 is 2.57 bits per heavy atom. The number of benzene rings is 2. The summed E-state index contributed by atoms with van der Waals surface area (Å²) in [5.41, 5.74) is 2.13. The number of carbonyl (C=O) groups is 2. The quantitative estimate of drug-likeness (QED) is 0.288. The largest absolute Gasteiger partial charge is 0.497 e. The third-order valence-electron chi connectivity index (χ3n) is 7.91. The number of rotatable bonds is 7. The van der Waals surface area contributed by atoms with Crippen molar-refractivity contribution in [3.05, 3.63) is 93.1 Å². The lowest BCUT2D eigenvalue weighted by Gasteiger charge is -2.35. The Morgan fingerprint density at radius 2 is 1.89 bits per heavy atom. The zero-order chi connectivity index (χ0) is 31.4. The molecule has 4 heterocycles. The Labute approximate surface area is 259 Å². The molecule has 2 N–H and O–H groups in total. The third kappa shape index (κ3) is 5.53. The van der Waals surface area contributed by atoms with Gasteiger partial charge in [-0.2, -0.15) is 0 Å². The molecule has 44 heavy (non-hydrogen) atoms. The Morgan fingerprint density at radius 1 is 1.14 bits per heavy atom. The van der Waals surface area contributed by atoms with Gasteiger partial charge >= 0.3 is 0 Å². The summed E-state index contributed by atoms with van der Waals surface area (Å²) in [6.07, 6.45) is 1.90. The Balaban J connectivity index is 1.31. The second kappa shape index (κ2) is 11.2. The summed E-state index contributed by atoms with van der Waals surface area (Å²) in [5, 5.41) is 3.64. The van der Waals surface area contributed by atoms with E-state index in [-0.39, 0.29) is 29.2 Å². The molecule has 4 aromatic rings. The second-order valence-electron chi connectivity index (χ2n) is 12.0. The van der Waals surface area contributed by atoms with Crippen molar-refractivity contribution in [3.63, 3.8) is 0 Å². The fourth-order valence-corrected chi connectivity index (χ4v) is 9.34. The Hall–Kier alpha value is -4.00. The van der Waals surface area contributed by atoms with Crippen molar-refractivity contribution in [2.75, 3.05) is 20.2 Å². The standard InChI is InChI=1S/C32H33FN4O5S2/c1-32(2,3)37-29(38)16-28(44(37,40)41)27-15-20-11-12-36(18-19-5-8-23(42-4)9-6-19)26(30(20)43-27)17-34-31(39)25-14-21-13-22(33)7-10-24(21)35-25/h5-10,13-16,26,35H,11-12,17-18H2,1-4H3,(H,34,39). The van der Waals surface area contributed by atoms with E-state index in [2.05, 4.69) is 15.2 Å². The molecular formula is C32H33FN4O5S2. The zero-order valence-corrected chi connectivity index (χ0v) is 26.4. The third-order valence-corrected chi connectivity index (χ3v) is 11.4. The number of hydrogen-bond acceptors (Lipinski definition) is 7. The molecule has 9 nitrogen and oxygen atoms in total. The highest BCUT2D eigenvalue weighted by Crippen LogP contribution is 2.43. The van der Waals surface area contributed by atoms with Gasteiger partial charge in [0, 0.05) is 46.4 Å². The molecule has 6 rings (SSSR count). The number of hydrogen-bond donors (Lipinski definition) is 2. The van der Waals surface area contributed by atoms with Crippen LogP contribution in [0.15, 0.2) is 60.7 Å². The first kappa shape index (κ1) is 30.0. The molecule has 2 amide bonds. The van der Waals surface area contributed by atoms with Crippen LogP contribution in [-0.4, -0.2) is 60.2 Å². The van der Waals surface area contributed by atoms with Gasteiger partial charge in [0.15, 0.2) is 0 Å². The number of ether oxygens (including phenoxy) is 1. The van der Waals surface area contributed by atoms with Gasteiger partial charge in [0.1, 0.15) is 22.2 Å². The van der Waals surface area contributed by atoms with Crippen molar-refractivity contribution in [2.45, 2.75) is 45.3 Å². The van der Waals surface area contributed by atoms with E-state index in [1.165, 1.54) is 29.5 Å². The van der Waals surface area contributed by atoms with Crippen LogP contribution in [0.1, 0.15) is 58.2 Å². The van der Waals surface area contributed by atoms with E-state index in [1.54, 1.807) is 40.0 Å². The summed E-state index contributed by atoms with van der Waals surface area (Å²) in [7, 11) is -2.40. The first-order chi connectivity index (χ1) is 20.8. The summed E-state index contributed by atoms with van der Waals surface area (Å²) < 4.78 is 47.0. The molecule has 2 aliphatic rings. The van der Waals surface area contributed by atoms with Crippen molar-refractivity contribution >= 4 is 49.0 Å². The molecule has 230 valence electrons. The van der Waals surface area contributed by atoms with Crippen molar-refractivity contribution < 1.29 is 27.1 Å². The van der Waals surface area contributed by atoms with Gasteiger partial charge in [-0.05, 0) is 80.8 Å². The van der Waals surface area contributed by atoms with Gasteiger partial charge in [-0.3, -0.25) is 14.5 Å². The predicted molar refractivity (Wildman–Crippen MR) is 168 cm³/mol. The van der Waals surface area contributed by atoms with Gasteiger partial charge in [-0.15, -0.1) is 11.3 Å². The number of methoxy groups -OCH3 is 1. The van der Waals surface area contributed by atoms with E-state index in [4.69, 9.17) is 4.74 Å². The molecule has 0 aliphatic carbocycles. The lowest BCUT2D eigenvalue weighted by Crippen LogP contribution is -2.45. The normalized spacial score (nSPS) is 18.4. The smallest absolute Gasteiger partial charge is 0.268 e. The van der Waals surface area contributed by atoms with Gasteiger partial charge in [-0.1, -0.05) is 12.1 Å². The minimum Gasteiger partial charge on any atom is -0.497 e. The van der Waals surface area contributed by atoms with Crippen molar-refractivity contribution in [3.8, 4) is 5.75 Å². The van der Waals surface area contributed by atoms with Gasteiger partial charge in [0.2, 0.25) is 0 Å². The first-order valence-electron chi connectivity index (χ1n) is 14.2. The summed E-state index contributed by atoms with van der Waals surface area (Å²) in [5.74, 6) is -0.512. The molecule has 2 aromatic carbocycles. The van der Waals surface area contributed by atoms with Gasteiger partial charge in [0.25, 0.3) is 21.8 Å². The van der Waals surface area contributed by atoms with Crippen molar-refractivity contribution in [2.24, 2.45) is 0 Å². The number of sulfonamides is 1. The maximum Gasteiger partial charge on any atom is 0.268 e. The van der Waals surface area contributed by atoms with Crippen LogP contribution < -0.4 is 10.1 Å². The van der Waals surface area contributed by atoms with E-state index in [0.29, 0.717) is 41.0 Å². The lowest BCUT2D eigenvalue weighted by atomic mass is 9.99. The van der Waals surface area contributed by atoms with Crippen LogP contribution >= 0.6 is 11.3 Å². The molecule has 0 saturated carbocycles. The topological polar surface area (TPSA) is 112 Å². The highest BCUT2D eigenvalue weighted by Gasteiger charge is 2.45. The van der Waals surface area contributed by atoms with E-state index >= 15 is 0 Å². The molecule has 0 fully saturated rings. The average molecular weight is 637 g/mol. The highest BCUT2D eigenvalue weighted by molar-refractivity contribution is 7.99. The van der Waals surface area contributed by atoms with Crippen LogP contribution in [0, 0.1) is 5.82 Å². The number of nitrogens with zero attached hydrogens (tertiary/aromatic N) is 2. The average Bonchev–Trinajstić information content (AvgIpc) is 3.64. The molecule has 1 atom stereocenters. The lowest BCUT2D eigenvalue weighted by molar-refractivity contribution is -0.123. The van der Waals surface area contributed by atoms with Crippen molar-refractivity contribution in [1.82, 2.24) is 19.5 Å². The van der Waals surface area contributed by atoms with Gasteiger partial charge in [0.05, 0.1) is 18.7 Å². The number of carbonyl (C=O) groups excluding carboxylic acids is 2. The summed E-state index contributed by atoms with van der Waals surface area (Å²) in [6.45, 7) is 6.61. The number of aromatic nitrogens is 1. The first-order valence-corrected chi connectivity index (χ1v) is 16.5. The second-order valence-corrected chi connectivity index (χ2v) is 14.8.